The normalized spacial score (nSPS) is 12.9. The van der Waals surface area contributed by atoms with Crippen LogP contribution < -0.4 is 0 Å². The van der Waals surface area contributed by atoms with E-state index in [1.807, 2.05) is 0 Å². The highest BCUT2D eigenvalue weighted by Gasteiger charge is 2.08. The third-order valence-electron chi connectivity index (χ3n) is 2.77. The summed E-state index contributed by atoms with van der Waals surface area (Å²) in [6.07, 6.45) is 0. The van der Waals surface area contributed by atoms with Gasteiger partial charge in [-0.15, -0.1) is 0 Å². The molecule has 1 aromatic carbocycles. The van der Waals surface area contributed by atoms with Crippen molar-refractivity contribution in [2.24, 2.45) is 0 Å². The highest BCUT2D eigenvalue weighted by atomic mass is 28.3. The van der Waals surface area contributed by atoms with E-state index < -0.39 is 8.80 Å². The molecule has 0 fully saturated rings. The molecule has 0 spiro atoms. The molecule has 1 unspecified atom stereocenters. The standard InChI is InChI=1S/C14H22Si/c1-11(2)13-7-6-8-14(9-13)12(3)10-15(4)5/h6-9,12,15H,1,10H2,2-5H3. The molecule has 0 aliphatic rings. The molecule has 0 nitrogen and oxygen atoms in total. The molecule has 0 aromatic heterocycles. The van der Waals surface area contributed by atoms with E-state index in [-0.39, 0.29) is 0 Å². The van der Waals surface area contributed by atoms with Crippen LogP contribution in [-0.4, -0.2) is 8.80 Å². The first-order valence-corrected chi connectivity index (χ1v) is 8.89. The Kier molecular flexibility index (Phi) is 4.34. The van der Waals surface area contributed by atoms with E-state index >= 15 is 0 Å². The fourth-order valence-corrected chi connectivity index (χ4v) is 3.64. The van der Waals surface area contributed by atoms with E-state index in [0.717, 1.165) is 5.57 Å². The monoisotopic (exact) mass is 218 g/mol. The lowest BCUT2D eigenvalue weighted by Gasteiger charge is -2.14. The highest BCUT2D eigenvalue weighted by molar-refractivity contribution is 6.55. The van der Waals surface area contributed by atoms with Gasteiger partial charge in [-0.25, -0.2) is 0 Å². The van der Waals surface area contributed by atoms with Gasteiger partial charge in [-0.3, -0.25) is 0 Å². The second-order valence-electron chi connectivity index (χ2n) is 4.94. The predicted molar refractivity (Wildman–Crippen MR) is 73.2 cm³/mol. The van der Waals surface area contributed by atoms with Gasteiger partial charge in [0.25, 0.3) is 0 Å². The van der Waals surface area contributed by atoms with E-state index in [1.165, 1.54) is 17.2 Å². The number of rotatable bonds is 4. The molecule has 0 aliphatic carbocycles. The Bertz CT molecular complexity index is 339. The summed E-state index contributed by atoms with van der Waals surface area (Å²) in [6.45, 7) is 13.2. The Balaban J connectivity index is 2.85. The van der Waals surface area contributed by atoms with Crippen molar-refractivity contribution in [3.8, 4) is 0 Å². The van der Waals surface area contributed by atoms with E-state index in [1.54, 1.807) is 0 Å². The van der Waals surface area contributed by atoms with Crippen molar-refractivity contribution in [3.63, 3.8) is 0 Å². The van der Waals surface area contributed by atoms with Crippen molar-refractivity contribution < 1.29 is 0 Å². The molecule has 15 heavy (non-hydrogen) atoms. The van der Waals surface area contributed by atoms with Crippen LogP contribution in [0.1, 0.15) is 30.9 Å². The van der Waals surface area contributed by atoms with Crippen LogP contribution in [-0.2, 0) is 0 Å². The average Bonchev–Trinajstić information content (AvgIpc) is 2.17. The zero-order valence-electron chi connectivity index (χ0n) is 10.4. The van der Waals surface area contributed by atoms with Gasteiger partial charge in [0, 0.05) is 8.80 Å². The maximum atomic E-state index is 4.00. The zero-order chi connectivity index (χ0) is 11.4. The summed E-state index contributed by atoms with van der Waals surface area (Å²) in [5.41, 5.74) is 3.91. The van der Waals surface area contributed by atoms with Crippen molar-refractivity contribution in [2.75, 3.05) is 0 Å². The van der Waals surface area contributed by atoms with Crippen molar-refractivity contribution in [3.05, 3.63) is 42.0 Å². The van der Waals surface area contributed by atoms with Crippen LogP contribution in [0.3, 0.4) is 0 Å². The van der Waals surface area contributed by atoms with E-state index in [9.17, 15) is 0 Å². The first kappa shape index (κ1) is 12.2. The Morgan fingerprint density at radius 3 is 2.60 bits per heavy atom. The molecule has 1 atom stereocenters. The largest absolute Gasteiger partial charge is 0.0955 e. The maximum absolute atomic E-state index is 4.00. The molecule has 0 bridgehead atoms. The first-order valence-electron chi connectivity index (χ1n) is 5.76. The van der Waals surface area contributed by atoms with Crippen molar-refractivity contribution in [1.29, 1.82) is 0 Å². The minimum Gasteiger partial charge on any atom is -0.0955 e. The molecule has 0 aliphatic heterocycles. The molecule has 0 saturated heterocycles. The lowest BCUT2D eigenvalue weighted by atomic mass is 9.98. The van der Waals surface area contributed by atoms with Crippen molar-refractivity contribution in [1.82, 2.24) is 0 Å². The summed E-state index contributed by atoms with van der Waals surface area (Å²) in [5, 5.41) is 0. The van der Waals surface area contributed by atoms with E-state index in [2.05, 4.69) is 57.8 Å². The molecule has 0 radical (unpaired) electrons. The van der Waals surface area contributed by atoms with E-state index in [4.69, 9.17) is 0 Å². The topological polar surface area (TPSA) is 0 Å². The van der Waals surface area contributed by atoms with Gasteiger partial charge in [-0.05, 0) is 24.0 Å². The summed E-state index contributed by atoms with van der Waals surface area (Å²) in [4.78, 5) is 0. The van der Waals surface area contributed by atoms with Gasteiger partial charge < -0.3 is 0 Å². The molecule has 82 valence electrons. The highest BCUT2D eigenvalue weighted by Crippen LogP contribution is 2.24. The minimum absolute atomic E-state index is 0.461. The van der Waals surface area contributed by atoms with Crippen LogP contribution in [0.2, 0.25) is 19.1 Å². The lowest BCUT2D eigenvalue weighted by Crippen LogP contribution is -2.05. The summed E-state index contributed by atoms with van der Waals surface area (Å²) in [7, 11) is -0.461. The van der Waals surface area contributed by atoms with Gasteiger partial charge in [0.1, 0.15) is 0 Å². The van der Waals surface area contributed by atoms with Crippen LogP contribution >= 0.6 is 0 Å². The van der Waals surface area contributed by atoms with Gasteiger partial charge in [0.15, 0.2) is 0 Å². The van der Waals surface area contributed by atoms with Crippen molar-refractivity contribution in [2.45, 2.75) is 38.9 Å². The molecule has 0 saturated carbocycles. The average molecular weight is 218 g/mol. The molecule has 1 heteroatoms. The minimum atomic E-state index is -0.461. The van der Waals surface area contributed by atoms with Crippen LogP contribution in [0.4, 0.5) is 0 Å². The molecular formula is C14H22Si. The zero-order valence-corrected chi connectivity index (χ0v) is 11.5. The molecule has 0 heterocycles. The number of allylic oxidation sites excluding steroid dienone is 1. The van der Waals surface area contributed by atoms with E-state index in [0.29, 0.717) is 5.92 Å². The second kappa shape index (κ2) is 5.31. The third kappa shape index (κ3) is 3.67. The van der Waals surface area contributed by atoms with Crippen LogP contribution in [0, 0.1) is 0 Å². The van der Waals surface area contributed by atoms with Crippen molar-refractivity contribution >= 4 is 14.4 Å². The smallest absolute Gasteiger partial charge is 0.0311 e. The van der Waals surface area contributed by atoms with Crippen LogP contribution in [0.25, 0.3) is 5.57 Å². The number of hydrogen-bond acceptors (Lipinski definition) is 0. The second-order valence-corrected chi connectivity index (χ2v) is 8.20. The first-order chi connectivity index (χ1) is 7.00. The molecule has 0 N–H and O–H groups in total. The lowest BCUT2D eigenvalue weighted by molar-refractivity contribution is 0.853. The Labute approximate surface area is 95.6 Å². The number of benzene rings is 1. The fraction of sp³-hybridized carbons (Fsp3) is 0.429. The molecule has 1 rings (SSSR count). The fourth-order valence-electron chi connectivity index (χ4n) is 1.95. The quantitative estimate of drug-likeness (QED) is 0.661. The third-order valence-corrected chi connectivity index (χ3v) is 4.42. The summed E-state index contributed by atoms with van der Waals surface area (Å²) in [5.74, 6) is 0.705. The van der Waals surface area contributed by atoms with Crippen LogP contribution in [0.5, 0.6) is 0 Å². The Hall–Kier alpha value is -0.823. The van der Waals surface area contributed by atoms with Gasteiger partial charge >= 0.3 is 0 Å². The molecular weight excluding hydrogens is 196 g/mol. The Morgan fingerprint density at radius 2 is 2.07 bits per heavy atom. The molecule has 1 aromatic rings. The SMILES string of the molecule is C=C(C)c1cccc(C(C)C[SiH](C)C)c1. The van der Waals surface area contributed by atoms with Crippen LogP contribution in [0.15, 0.2) is 30.8 Å². The summed E-state index contributed by atoms with van der Waals surface area (Å²) in [6, 6.07) is 10.2. The van der Waals surface area contributed by atoms with Gasteiger partial charge in [0.05, 0.1) is 0 Å². The van der Waals surface area contributed by atoms with Gasteiger partial charge in [0.2, 0.25) is 0 Å². The summed E-state index contributed by atoms with van der Waals surface area (Å²) < 4.78 is 0. The number of hydrogen-bond donors (Lipinski definition) is 0. The van der Waals surface area contributed by atoms with Gasteiger partial charge in [-0.2, -0.15) is 0 Å². The molecule has 0 amide bonds. The summed E-state index contributed by atoms with van der Waals surface area (Å²) >= 11 is 0. The predicted octanol–water partition coefficient (Wildman–Crippen LogP) is 4.31. The maximum Gasteiger partial charge on any atom is 0.0311 e. The van der Waals surface area contributed by atoms with Gasteiger partial charge in [-0.1, -0.05) is 62.5 Å². The Morgan fingerprint density at radius 1 is 1.40 bits per heavy atom.